The maximum atomic E-state index is 5.03. The molecule has 0 N–H and O–H groups in total. The van der Waals surface area contributed by atoms with E-state index in [9.17, 15) is 0 Å². The van der Waals surface area contributed by atoms with Gasteiger partial charge in [-0.25, -0.2) is 0 Å². The second-order valence-corrected chi connectivity index (χ2v) is 14.0. The van der Waals surface area contributed by atoms with E-state index in [1.807, 2.05) is 0 Å². The van der Waals surface area contributed by atoms with Gasteiger partial charge in [-0.3, -0.25) is 0 Å². The van der Waals surface area contributed by atoms with Crippen molar-refractivity contribution in [2.24, 2.45) is 0 Å². The van der Waals surface area contributed by atoms with E-state index in [1.165, 1.54) is 42.2 Å². The van der Waals surface area contributed by atoms with Gasteiger partial charge >= 0.3 is 211 Å². The second-order valence-electron chi connectivity index (χ2n) is 7.95. The quantitative estimate of drug-likeness (QED) is 0.262. The first-order valence-electron chi connectivity index (χ1n) is 11.1. The topological polar surface area (TPSA) is 25.8 Å². The van der Waals surface area contributed by atoms with Gasteiger partial charge in [-0.05, 0) is 0 Å². The maximum absolute atomic E-state index is 5.03. The molecule has 0 radical (unpaired) electrons. The van der Waals surface area contributed by atoms with Crippen LogP contribution in [0, 0.1) is 0 Å². The van der Waals surface area contributed by atoms with Crippen LogP contribution in [0.4, 0.5) is 0 Å². The number of pyridine rings is 2. The monoisotopic (exact) mass is 568 g/mol. The van der Waals surface area contributed by atoms with E-state index in [0.717, 1.165) is 11.0 Å². The van der Waals surface area contributed by atoms with Crippen LogP contribution in [0.1, 0.15) is 0 Å². The summed E-state index contributed by atoms with van der Waals surface area (Å²) >= 11 is 0.452. The molecule has 34 heavy (non-hydrogen) atoms. The first-order valence-corrected chi connectivity index (χ1v) is 17.1. The van der Waals surface area contributed by atoms with Gasteiger partial charge in [0.1, 0.15) is 0 Å². The van der Waals surface area contributed by atoms with E-state index in [1.54, 1.807) is 0 Å². The summed E-state index contributed by atoms with van der Waals surface area (Å²) in [4.78, 5) is 10.1. The molecule has 0 saturated carbocycles. The van der Waals surface area contributed by atoms with Crippen molar-refractivity contribution in [2.75, 3.05) is 0 Å². The molecule has 2 aromatic heterocycles. The van der Waals surface area contributed by atoms with Crippen molar-refractivity contribution in [3.63, 3.8) is 0 Å². The standard InChI is InChI=1S/C30H20N2Se2/c1-3-11-21(12-4-1)25-19-29(31-27-17-9-7-15-23(25)27)33-34-30-20-26(22-13-5-2-6-14-22)24-16-8-10-18-28(24)32-30/h1-20H. The summed E-state index contributed by atoms with van der Waals surface area (Å²) in [6.45, 7) is 0. The number of nitrogens with zero attached hydrogens (tertiary/aromatic N) is 2. The van der Waals surface area contributed by atoms with Crippen molar-refractivity contribution in [3.8, 4) is 22.3 Å². The van der Waals surface area contributed by atoms with Crippen LogP contribution in [0.2, 0.25) is 0 Å². The van der Waals surface area contributed by atoms with Gasteiger partial charge < -0.3 is 0 Å². The SMILES string of the molecule is c1ccc(-c2cc([Se][Se]c3cc(-c4ccccc4)c4ccccc4n3)nc3ccccc23)cc1. The van der Waals surface area contributed by atoms with Gasteiger partial charge in [-0.1, -0.05) is 0 Å². The molecule has 0 aliphatic heterocycles. The number of rotatable bonds is 5. The number of aromatic nitrogens is 2. The van der Waals surface area contributed by atoms with Crippen molar-refractivity contribution in [2.45, 2.75) is 0 Å². The van der Waals surface area contributed by atoms with Crippen LogP contribution in [-0.4, -0.2) is 36.2 Å². The van der Waals surface area contributed by atoms with Crippen molar-refractivity contribution in [1.82, 2.24) is 9.97 Å². The van der Waals surface area contributed by atoms with Crippen LogP contribution in [0.25, 0.3) is 44.1 Å². The fraction of sp³-hybridized carbons (Fsp3) is 0. The molecule has 6 aromatic rings. The molecule has 0 aliphatic carbocycles. The molecular formula is C30H20N2Se2. The summed E-state index contributed by atoms with van der Waals surface area (Å²) in [7, 11) is 0. The molecule has 0 fully saturated rings. The third-order valence-corrected chi connectivity index (χ3v) is 12.2. The Morgan fingerprint density at radius 2 is 0.794 bits per heavy atom. The molecule has 0 unspecified atom stereocenters. The molecule has 162 valence electrons. The van der Waals surface area contributed by atoms with Crippen molar-refractivity contribution in [3.05, 3.63) is 121 Å². The summed E-state index contributed by atoms with van der Waals surface area (Å²) in [6.07, 6.45) is 0. The molecule has 2 heterocycles. The van der Waals surface area contributed by atoms with Gasteiger partial charge in [0.25, 0.3) is 0 Å². The average Bonchev–Trinajstić information content (AvgIpc) is 2.92. The van der Waals surface area contributed by atoms with Crippen LogP contribution in [-0.2, 0) is 0 Å². The number of hydrogen-bond acceptors (Lipinski definition) is 2. The van der Waals surface area contributed by atoms with Gasteiger partial charge in [0.2, 0.25) is 0 Å². The third kappa shape index (κ3) is 4.30. The Morgan fingerprint density at radius 3 is 1.24 bits per heavy atom. The van der Waals surface area contributed by atoms with Crippen LogP contribution in [0.3, 0.4) is 0 Å². The van der Waals surface area contributed by atoms with Gasteiger partial charge in [-0.2, -0.15) is 0 Å². The zero-order valence-electron chi connectivity index (χ0n) is 18.3. The Hall–Kier alpha value is -3.26. The Kier molecular flexibility index (Phi) is 5.97. The molecule has 0 bridgehead atoms. The van der Waals surface area contributed by atoms with Gasteiger partial charge in [-0.15, -0.1) is 0 Å². The first-order chi connectivity index (χ1) is 16.8. The molecular weight excluding hydrogens is 546 g/mol. The Balaban J connectivity index is 1.39. The Bertz CT molecular complexity index is 1480. The molecule has 2 nitrogen and oxygen atoms in total. The summed E-state index contributed by atoms with van der Waals surface area (Å²) in [6, 6.07) is 42.8. The molecule has 6 rings (SSSR count). The third-order valence-electron chi connectivity index (χ3n) is 5.77. The number of benzene rings is 4. The summed E-state index contributed by atoms with van der Waals surface area (Å²) in [5.41, 5.74) is 7.12. The normalized spacial score (nSPS) is 11.2. The molecule has 0 amide bonds. The van der Waals surface area contributed by atoms with Gasteiger partial charge in [0.15, 0.2) is 0 Å². The summed E-state index contributed by atoms with van der Waals surface area (Å²) in [5, 5.41) is 2.41. The average molecular weight is 566 g/mol. The number of fused-ring (bicyclic) bond motifs is 2. The van der Waals surface area contributed by atoms with Gasteiger partial charge in [0.05, 0.1) is 0 Å². The molecule has 4 heteroatoms. The van der Waals surface area contributed by atoms with E-state index in [4.69, 9.17) is 9.97 Å². The van der Waals surface area contributed by atoms with Crippen molar-refractivity contribution in [1.29, 1.82) is 0 Å². The zero-order valence-corrected chi connectivity index (χ0v) is 21.7. The Morgan fingerprint density at radius 1 is 0.412 bits per heavy atom. The van der Waals surface area contributed by atoms with Crippen molar-refractivity contribution < 1.29 is 0 Å². The molecule has 0 atom stereocenters. The minimum atomic E-state index is 0.226. The van der Waals surface area contributed by atoms with Crippen LogP contribution in [0.5, 0.6) is 0 Å². The minimum absolute atomic E-state index is 0.226. The molecule has 0 spiro atoms. The predicted octanol–water partition coefficient (Wildman–Crippen LogP) is 5.39. The van der Waals surface area contributed by atoms with E-state index < -0.39 is 0 Å². The predicted molar refractivity (Wildman–Crippen MR) is 145 cm³/mol. The number of para-hydroxylation sites is 2. The van der Waals surface area contributed by atoms with Crippen LogP contribution in [0.15, 0.2) is 121 Å². The fourth-order valence-electron chi connectivity index (χ4n) is 4.19. The van der Waals surface area contributed by atoms with Crippen LogP contribution >= 0.6 is 0 Å². The number of hydrogen-bond donors (Lipinski definition) is 0. The van der Waals surface area contributed by atoms with Crippen LogP contribution < -0.4 is 9.18 Å². The zero-order chi connectivity index (χ0) is 22.7. The molecule has 0 saturated heterocycles. The first kappa shape index (κ1) is 21.3. The van der Waals surface area contributed by atoms with E-state index in [2.05, 4.69) is 121 Å². The molecule has 0 aliphatic rings. The summed E-state index contributed by atoms with van der Waals surface area (Å²) in [5.74, 6) is 0. The second kappa shape index (κ2) is 9.54. The van der Waals surface area contributed by atoms with Crippen molar-refractivity contribution >= 4 is 57.3 Å². The van der Waals surface area contributed by atoms with E-state index in [-0.39, 0.29) is 26.3 Å². The Labute approximate surface area is 210 Å². The van der Waals surface area contributed by atoms with E-state index >= 15 is 0 Å². The van der Waals surface area contributed by atoms with E-state index in [0.29, 0.717) is 0 Å². The summed E-state index contributed by atoms with van der Waals surface area (Å²) < 4.78 is 2.36. The molecule has 4 aromatic carbocycles. The fourth-order valence-corrected chi connectivity index (χ4v) is 9.53. The van der Waals surface area contributed by atoms with Gasteiger partial charge in [0, 0.05) is 0 Å².